The predicted octanol–water partition coefficient (Wildman–Crippen LogP) is 2.39. The number of benzene rings is 1. The first kappa shape index (κ1) is 18.8. The van der Waals surface area contributed by atoms with Crippen LogP contribution in [-0.2, 0) is 22.9 Å². The smallest absolute Gasteiger partial charge is 0.280 e. The summed E-state index contributed by atoms with van der Waals surface area (Å²) in [5.41, 5.74) is 2.48. The van der Waals surface area contributed by atoms with Crippen molar-refractivity contribution in [3.8, 4) is 0 Å². The zero-order chi connectivity index (χ0) is 19.4. The highest BCUT2D eigenvalue weighted by molar-refractivity contribution is 7.89. The van der Waals surface area contributed by atoms with Gasteiger partial charge in [-0.05, 0) is 49.8 Å². The molecule has 148 valence electrons. The fourth-order valence-electron chi connectivity index (χ4n) is 4.24. The SMILES string of the molecule is CCS(=O)(=O)N1CCC(C(F)(F)[C@H](O)c2c3c(cc4cn[nH]c24)CC3)CC1. The molecule has 0 radical (unpaired) electrons. The van der Waals surface area contributed by atoms with E-state index < -0.39 is 28.0 Å². The first-order chi connectivity index (χ1) is 12.8. The van der Waals surface area contributed by atoms with Gasteiger partial charge in [0.05, 0.1) is 17.5 Å². The van der Waals surface area contributed by atoms with Crippen molar-refractivity contribution in [2.75, 3.05) is 18.8 Å². The Kier molecular flexibility index (Phi) is 4.51. The van der Waals surface area contributed by atoms with Crippen LogP contribution in [-0.4, -0.2) is 52.8 Å². The van der Waals surface area contributed by atoms with Gasteiger partial charge < -0.3 is 5.11 Å². The van der Waals surface area contributed by atoms with Crippen LogP contribution in [0, 0.1) is 5.92 Å². The number of halogens is 2. The average Bonchev–Trinajstić information content (AvgIpc) is 3.10. The van der Waals surface area contributed by atoms with Crippen LogP contribution < -0.4 is 0 Å². The molecule has 2 heterocycles. The first-order valence-corrected chi connectivity index (χ1v) is 10.9. The molecule has 1 saturated heterocycles. The van der Waals surface area contributed by atoms with Gasteiger partial charge in [-0.15, -0.1) is 0 Å². The van der Waals surface area contributed by atoms with Gasteiger partial charge in [0.2, 0.25) is 10.0 Å². The van der Waals surface area contributed by atoms with E-state index in [1.165, 1.54) is 4.31 Å². The van der Waals surface area contributed by atoms with Crippen LogP contribution in [0.2, 0.25) is 0 Å². The third-order valence-electron chi connectivity index (χ3n) is 6.02. The van der Waals surface area contributed by atoms with E-state index in [4.69, 9.17) is 0 Å². The molecule has 2 aliphatic rings. The van der Waals surface area contributed by atoms with Gasteiger partial charge in [0.1, 0.15) is 6.10 Å². The Hall–Kier alpha value is -1.58. The van der Waals surface area contributed by atoms with Crippen molar-refractivity contribution in [1.82, 2.24) is 14.5 Å². The highest BCUT2D eigenvalue weighted by atomic mass is 32.2. The molecule has 1 aromatic heterocycles. The van der Waals surface area contributed by atoms with Crippen LogP contribution in [0.5, 0.6) is 0 Å². The number of hydrogen-bond donors (Lipinski definition) is 2. The minimum absolute atomic E-state index is 0.0322. The Morgan fingerprint density at radius 2 is 2.07 bits per heavy atom. The number of sulfonamides is 1. The number of aliphatic hydroxyl groups is 1. The standard InChI is InChI=1S/C18H23F2N3O3S/c1-2-27(25,26)23-7-5-13(6-8-23)18(19,20)17(24)15-14-4-3-11(14)9-12-10-21-22-16(12)15/h9-10,13,17,24H,2-8H2,1H3,(H,21,22)/t17-/m1/s1. The predicted molar refractivity (Wildman–Crippen MR) is 97.2 cm³/mol. The lowest BCUT2D eigenvalue weighted by molar-refractivity contribution is -0.158. The van der Waals surface area contributed by atoms with Crippen LogP contribution >= 0.6 is 0 Å². The summed E-state index contributed by atoms with van der Waals surface area (Å²) in [6, 6.07) is 1.93. The summed E-state index contributed by atoms with van der Waals surface area (Å²) < 4.78 is 55.6. The molecule has 0 spiro atoms. The van der Waals surface area contributed by atoms with Crippen molar-refractivity contribution in [3.63, 3.8) is 0 Å². The number of aryl methyl sites for hydroxylation is 1. The van der Waals surface area contributed by atoms with E-state index in [0.717, 1.165) is 22.9 Å². The second kappa shape index (κ2) is 6.49. The van der Waals surface area contributed by atoms with Gasteiger partial charge in [0, 0.05) is 30.0 Å². The third kappa shape index (κ3) is 2.96. The zero-order valence-electron chi connectivity index (χ0n) is 15.1. The maximum Gasteiger partial charge on any atom is 0.280 e. The maximum atomic E-state index is 15.2. The number of H-pyrrole nitrogens is 1. The summed E-state index contributed by atoms with van der Waals surface area (Å²) in [5.74, 6) is -4.44. The summed E-state index contributed by atoms with van der Waals surface area (Å²) in [5, 5.41) is 18.1. The Morgan fingerprint density at radius 1 is 1.37 bits per heavy atom. The summed E-state index contributed by atoms with van der Waals surface area (Å²) >= 11 is 0. The summed E-state index contributed by atoms with van der Waals surface area (Å²) in [6.07, 6.45) is 1.19. The van der Waals surface area contributed by atoms with E-state index in [1.54, 1.807) is 13.1 Å². The van der Waals surface area contributed by atoms with Crippen molar-refractivity contribution in [2.45, 2.75) is 44.6 Å². The number of rotatable bonds is 5. The Morgan fingerprint density at radius 3 is 2.67 bits per heavy atom. The second-order valence-corrected chi connectivity index (χ2v) is 9.67. The van der Waals surface area contributed by atoms with Gasteiger partial charge in [-0.25, -0.2) is 21.5 Å². The normalized spacial score (nSPS) is 20.4. The molecule has 9 heteroatoms. The molecule has 1 fully saturated rings. The van der Waals surface area contributed by atoms with E-state index in [9.17, 15) is 13.5 Å². The fraction of sp³-hybridized carbons (Fsp3) is 0.611. The van der Waals surface area contributed by atoms with E-state index in [-0.39, 0.29) is 37.2 Å². The molecule has 2 aromatic rings. The fourth-order valence-corrected chi connectivity index (χ4v) is 5.37. The molecular formula is C18H23F2N3O3S. The molecule has 0 saturated carbocycles. The number of alkyl halides is 2. The van der Waals surface area contributed by atoms with Crippen LogP contribution in [0.4, 0.5) is 8.78 Å². The minimum atomic E-state index is -3.37. The quantitative estimate of drug-likeness (QED) is 0.808. The lowest BCUT2D eigenvalue weighted by Crippen LogP contribution is -2.46. The molecule has 4 rings (SSSR count). The largest absolute Gasteiger partial charge is 0.382 e. The number of hydrogen-bond acceptors (Lipinski definition) is 4. The van der Waals surface area contributed by atoms with Gasteiger partial charge >= 0.3 is 0 Å². The van der Waals surface area contributed by atoms with Crippen molar-refractivity contribution in [1.29, 1.82) is 0 Å². The van der Waals surface area contributed by atoms with E-state index >= 15 is 8.78 Å². The lowest BCUT2D eigenvalue weighted by Gasteiger charge is -2.38. The highest BCUT2D eigenvalue weighted by Crippen LogP contribution is 2.47. The molecule has 0 amide bonds. The average molecular weight is 399 g/mol. The van der Waals surface area contributed by atoms with Gasteiger partial charge in [0.25, 0.3) is 5.92 Å². The number of aliphatic hydroxyl groups excluding tert-OH is 1. The van der Waals surface area contributed by atoms with Gasteiger partial charge in [0.15, 0.2) is 0 Å². The van der Waals surface area contributed by atoms with Crippen molar-refractivity contribution in [2.24, 2.45) is 5.92 Å². The lowest BCUT2D eigenvalue weighted by atomic mass is 9.78. The number of nitrogens with one attached hydrogen (secondary N) is 1. The van der Waals surface area contributed by atoms with Crippen LogP contribution in [0.25, 0.3) is 10.9 Å². The van der Waals surface area contributed by atoms with Crippen LogP contribution in [0.1, 0.15) is 42.6 Å². The van der Waals surface area contributed by atoms with Crippen LogP contribution in [0.3, 0.4) is 0 Å². The molecular weight excluding hydrogens is 376 g/mol. The van der Waals surface area contributed by atoms with Gasteiger partial charge in [-0.3, -0.25) is 5.10 Å². The molecule has 1 atom stereocenters. The first-order valence-electron chi connectivity index (χ1n) is 9.27. The summed E-state index contributed by atoms with van der Waals surface area (Å²) in [6.45, 7) is 1.67. The molecule has 27 heavy (non-hydrogen) atoms. The van der Waals surface area contributed by atoms with Crippen molar-refractivity contribution >= 4 is 20.9 Å². The summed E-state index contributed by atoms with van der Waals surface area (Å²) in [7, 11) is -3.37. The summed E-state index contributed by atoms with van der Waals surface area (Å²) in [4.78, 5) is 0. The number of nitrogens with zero attached hydrogens (tertiary/aromatic N) is 2. The highest BCUT2D eigenvalue weighted by Gasteiger charge is 2.50. The molecule has 2 N–H and O–H groups in total. The molecule has 1 aliphatic carbocycles. The topological polar surface area (TPSA) is 86.3 Å². The Labute approximate surface area is 156 Å². The van der Waals surface area contributed by atoms with Gasteiger partial charge in [-0.1, -0.05) is 0 Å². The zero-order valence-corrected chi connectivity index (χ0v) is 15.9. The Balaban J connectivity index is 1.60. The van der Waals surface area contributed by atoms with Crippen LogP contribution in [0.15, 0.2) is 12.3 Å². The Bertz CT molecular complexity index is 966. The minimum Gasteiger partial charge on any atom is -0.382 e. The number of fused-ring (bicyclic) bond motifs is 2. The number of piperidine rings is 1. The third-order valence-corrected chi connectivity index (χ3v) is 7.90. The monoisotopic (exact) mass is 399 g/mol. The second-order valence-electron chi connectivity index (χ2n) is 7.41. The maximum absolute atomic E-state index is 15.2. The molecule has 1 aliphatic heterocycles. The number of aromatic amines is 1. The molecule has 1 aromatic carbocycles. The van der Waals surface area contributed by atoms with Crippen molar-refractivity contribution < 1.29 is 22.3 Å². The molecule has 0 unspecified atom stereocenters. The van der Waals surface area contributed by atoms with E-state index in [0.29, 0.717) is 11.9 Å². The number of aromatic nitrogens is 2. The molecule has 6 nitrogen and oxygen atoms in total. The van der Waals surface area contributed by atoms with Crippen molar-refractivity contribution in [3.05, 3.63) is 29.0 Å². The molecule has 0 bridgehead atoms. The van der Waals surface area contributed by atoms with E-state index in [1.807, 2.05) is 6.07 Å². The van der Waals surface area contributed by atoms with E-state index in [2.05, 4.69) is 10.2 Å². The van der Waals surface area contributed by atoms with Gasteiger partial charge in [-0.2, -0.15) is 5.10 Å².